The number of ether oxygens (including phenoxy) is 1. The maximum absolute atomic E-state index is 13.0. The van der Waals surface area contributed by atoms with E-state index in [2.05, 4.69) is 19.8 Å². The molecule has 0 radical (unpaired) electrons. The molecule has 3 amide bonds. The lowest BCUT2D eigenvalue weighted by Gasteiger charge is -2.19. The molecule has 1 aliphatic rings. The lowest BCUT2D eigenvalue weighted by Crippen LogP contribution is -2.35. The topological polar surface area (TPSA) is 118 Å². The molecule has 1 saturated heterocycles. The number of benzene rings is 2. The molecule has 188 valence electrons. The molecular weight excluding hydrogens is 501 g/mol. The largest absolute Gasteiger partial charge is 0.573 e. The first kappa shape index (κ1) is 25.0. The van der Waals surface area contributed by atoms with Crippen molar-refractivity contribution in [3.63, 3.8) is 0 Å². The molecule has 2 heterocycles. The maximum atomic E-state index is 13.0. The fourth-order valence-corrected chi connectivity index (χ4v) is 4.67. The third-order valence-electron chi connectivity index (χ3n) is 5.40. The van der Waals surface area contributed by atoms with Crippen molar-refractivity contribution in [3.05, 3.63) is 78.5 Å². The Balaban J connectivity index is 1.51. The molecule has 0 saturated carbocycles. The summed E-state index contributed by atoms with van der Waals surface area (Å²) in [6.45, 7) is 1.66. The molecule has 1 aliphatic heterocycles. The number of nitrogens with zero attached hydrogens (tertiary/aromatic N) is 2. The van der Waals surface area contributed by atoms with E-state index in [9.17, 15) is 31.2 Å². The van der Waals surface area contributed by atoms with Crippen LogP contribution in [0.15, 0.2) is 77.8 Å². The molecule has 0 spiro atoms. The van der Waals surface area contributed by atoms with Gasteiger partial charge in [-0.25, -0.2) is 23.1 Å². The second kappa shape index (κ2) is 9.49. The van der Waals surface area contributed by atoms with Crippen LogP contribution in [-0.4, -0.2) is 37.7 Å². The number of anilines is 2. The molecule has 4 rings (SSSR count). The van der Waals surface area contributed by atoms with Gasteiger partial charge in [0.2, 0.25) is 0 Å². The lowest BCUT2D eigenvalue weighted by molar-refractivity contribution is -0.274. The fraction of sp³-hybridized carbons (Fsp3) is 0.174. The van der Waals surface area contributed by atoms with Crippen LogP contribution in [0.3, 0.4) is 0 Å². The molecule has 2 unspecified atom stereocenters. The Kier molecular flexibility index (Phi) is 6.59. The van der Waals surface area contributed by atoms with E-state index in [0.29, 0.717) is 5.56 Å². The highest BCUT2D eigenvalue weighted by Crippen LogP contribution is 2.30. The zero-order valence-corrected chi connectivity index (χ0v) is 19.4. The third-order valence-corrected chi connectivity index (χ3v) is 6.77. The Morgan fingerprint density at radius 3 is 2.36 bits per heavy atom. The lowest BCUT2D eigenvalue weighted by atomic mass is 9.94. The second-order valence-corrected chi connectivity index (χ2v) is 9.51. The minimum atomic E-state index is -4.87. The standard InChI is InChI=1S/C23H19F3N4O5S/c1-14(15-11-12-27-19(13-15)29-36(33,34)18-5-3-2-4-6-18)20-21(31)30(22(32)28-20)16-7-9-17(10-8-16)35-23(24,25)26/h2-14,20H,1H3,(H,27,29)(H,28,32). The van der Waals surface area contributed by atoms with Crippen LogP contribution in [-0.2, 0) is 14.8 Å². The van der Waals surface area contributed by atoms with Gasteiger partial charge in [-0.05, 0) is 54.1 Å². The highest BCUT2D eigenvalue weighted by Gasteiger charge is 2.42. The van der Waals surface area contributed by atoms with E-state index in [0.717, 1.165) is 29.2 Å². The van der Waals surface area contributed by atoms with E-state index < -0.39 is 46.0 Å². The van der Waals surface area contributed by atoms with Crippen LogP contribution in [0.1, 0.15) is 18.4 Å². The SMILES string of the molecule is CC(c1ccnc(NS(=O)(=O)c2ccccc2)c1)C1NC(=O)N(c2ccc(OC(F)(F)F)cc2)C1=O. The first-order valence-electron chi connectivity index (χ1n) is 10.5. The molecule has 13 heteroatoms. The van der Waals surface area contributed by atoms with E-state index in [1.165, 1.54) is 24.4 Å². The fourth-order valence-electron chi connectivity index (χ4n) is 3.65. The van der Waals surface area contributed by atoms with Crippen molar-refractivity contribution in [2.24, 2.45) is 0 Å². The van der Waals surface area contributed by atoms with E-state index >= 15 is 0 Å². The van der Waals surface area contributed by atoms with Crippen molar-refractivity contribution < 1.29 is 35.9 Å². The van der Waals surface area contributed by atoms with Crippen molar-refractivity contribution in [1.29, 1.82) is 0 Å². The van der Waals surface area contributed by atoms with Crippen LogP contribution in [0.4, 0.5) is 29.5 Å². The van der Waals surface area contributed by atoms with Gasteiger partial charge in [0.05, 0.1) is 10.6 Å². The molecule has 36 heavy (non-hydrogen) atoms. The van der Waals surface area contributed by atoms with Gasteiger partial charge in [-0.1, -0.05) is 25.1 Å². The smallest absolute Gasteiger partial charge is 0.406 e. The van der Waals surface area contributed by atoms with Crippen LogP contribution in [0.25, 0.3) is 0 Å². The highest BCUT2D eigenvalue weighted by atomic mass is 32.2. The van der Waals surface area contributed by atoms with Gasteiger partial charge in [0.25, 0.3) is 15.9 Å². The van der Waals surface area contributed by atoms with Gasteiger partial charge in [0, 0.05) is 12.1 Å². The van der Waals surface area contributed by atoms with Crippen molar-refractivity contribution in [1.82, 2.24) is 10.3 Å². The number of hydrogen-bond donors (Lipinski definition) is 2. The maximum Gasteiger partial charge on any atom is 0.573 e. The molecule has 2 N–H and O–H groups in total. The van der Waals surface area contributed by atoms with Crippen molar-refractivity contribution in [3.8, 4) is 5.75 Å². The van der Waals surface area contributed by atoms with Gasteiger partial charge in [-0.15, -0.1) is 13.2 Å². The normalized spacial score (nSPS) is 17.0. The van der Waals surface area contributed by atoms with Crippen LogP contribution in [0.5, 0.6) is 5.75 Å². The molecule has 3 aromatic rings. The quantitative estimate of drug-likeness (QED) is 0.455. The Morgan fingerprint density at radius 2 is 1.72 bits per heavy atom. The van der Waals surface area contributed by atoms with Crippen LogP contribution in [0, 0.1) is 0 Å². The molecule has 1 aromatic heterocycles. The summed E-state index contributed by atoms with van der Waals surface area (Å²) < 4.78 is 68.5. The number of nitrogens with one attached hydrogen (secondary N) is 2. The average Bonchev–Trinajstić information content (AvgIpc) is 3.12. The second-order valence-electron chi connectivity index (χ2n) is 7.82. The number of sulfonamides is 1. The van der Waals surface area contributed by atoms with Crippen molar-refractivity contribution in [2.75, 3.05) is 9.62 Å². The third kappa shape index (κ3) is 5.40. The highest BCUT2D eigenvalue weighted by molar-refractivity contribution is 7.92. The van der Waals surface area contributed by atoms with Gasteiger partial charge in [0.15, 0.2) is 0 Å². The monoisotopic (exact) mass is 520 g/mol. The Morgan fingerprint density at radius 1 is 1.06 bits per heavy atom. The number of alkyl halides is 3. The van der Waals surface area contributed by atoms with Gasteiger partial charge >= 0.3 is 12.4 Å². The van der Waals surface area contributed by atoms with Crippen molar-refractivity contribution in [2.45, 2.75) is 30.1 Å². The summed E-state index contributed by atoms with van der Waals surface area (Å²) in [5.74, 6) is -1.69. The number of imide groups is 1. The molecule has 9 nitrogen and oxygen atoms in total. The summed E-state index contributed by atoms with van der Waals surface area (Å²) in [6, 6.07) is 13.3. The average molecular weight is 520 g/mol. The Bertz CT molecular complexity index is 1380. The van der Waals surface area contributed by atoms with E-state index in [1.807, 2.05) is 0 Å². The van der Waals surface area contributed by atoms with Crippen LogP contribution >= 0.6 is 0 Å². The number of amides is 3. The molecule has 1 fully saturated rings. The predicted molar refractivity (Wildman–Crippen MR) is 123 cm³/mol. The number of carbonyl (C=O) groups excluding carboxylic acids is 2. The van der Waals surface area contributed by atoms with Gasteiger partial charge in [0.1, 0.15) is 17.6 Å². The minimum Gasteiger partial charge on any atom is -0.406 e. The van der Waals surface area contributed by atoms with Crippen LogP contribution < -0.4 is 19.7 Å². The zero-order chi connectivity index (χ0) is 26.1. The molecule has 0 aliphatic carbocycles. The zero-order valence-electron chi connectivity index (χ0n) is 18.6. The number of aromatic nitrogens is 1. The summed E-state index contributed by atoms with van der Waals surface area (Å²) in [7, 11) is -3.89. The van der Waals surface area contributed by atoms with Crippen molar-refractivity contribution >= 4 is 33.5 Å². The summed E-state index contributed by atoms with van der Waals surface area (Å²) in [4.78, 5) is 30.5. The van der Waals surface area contributed by atoms with Gasteiger partial charge in [-0.2, -0.15) is 0 Å². The molecular formula is C23H19F3N4O5S. The summed E-state index contributed by atoms with van der Waals surface area (Å²) in [5, 5.41) is 2.56. The van der Waals surface area contributed by atoms with Crippen LogP contribution in [0.2, 0.25) is 0 Å². The molecule has 0 bridgehead atoms. The summed E-state index contributed by atoms with van der Waals surface area (Å²) in [6.07, 6.45) is -3.51. The van der Waals surface area contributed by atoms with E-state index in [-0.39, 0.29) is 16.4 Å². The number of hydrogen-bond acceptors (Lipinski definition) is 6. The van der Waals surface area contributed by atoms with Gasteiger partial charge in [-0.3, -0.25) is 9.52 Å². The minimum absolute atomic E-state index is 0.0251. The predicted octanol–water partition coefficient (Wildman–Crippen LogP) is 4.01. The number of carbonyl (C=O) groups is 2. The first-order valence-corrected chi connectivity index (χ1v) is 12.0. The Labute approximate surface area is 204 Å². The van der Waals surface area contributed by atoms with E-state index in [1.54, 1.807) is 31.2 Å². The number of urea groups is 1. The molecule has 2 atom stereocenters. The van der Waals surface area contributed by atoms with Gasteiger partial charge < -0.3 is 10.1 Å². The summed E-state index contributed by atoms with van der Waals surface area (Å²) in [5.41, 5.74) is 0.581. The first-order chi connectivity index (χ1) is 16.9. The number of rotatable bonds is 7. The van der Waals surface area contributed by atoms with E-state index in [4.69, 9.17) is 0 Å². The Hall–Kier alpha value is -4.13. The summed E-state index contributed by atoms with van der Waals surface area (Å²) >= 11 is 0. The number of pyridine rings is 1. The number of halogens is 3. The molecule has 2 aromatic carbocycles.